The van der Waals surface area contributed by atoms with Gasteiger partial charge in [0.2, 0.25) is 15.9 Å². The van der Waals surface area contributed by atoms with Crippen molar-refractivity contribution in [3.63, 3.8) is 0 Å². The molecule has 2 aliphatic heterocycles. The normalized spacial score (nSPS) is 17.1. The van der Waals surface area contributed by atoms with E-state index in [0.29, 0.717) is 44.8 Å². The van der Waals surface area contributed by atoms with Crippen LogP contribution < -0.4 is 10.2 Å². The molecule has 6 rings (SSSR count). The number of piperidine rings is 1. The maximum atomic E-state index is 13.2. The maximum Gasteiger partial charge on any atom is 0.293 e. The predicted octanol–water partition coefficient (Wildman–Crippen LogP) is 4.60. The van der Waals surface area contributed by atoms with Crippen molar-refractivity contribution < 1.29 is 22.9 Å². The van der Waals surface area contributed by atoms with E-state index in [1.54, 1.807) is 0 Å². The molecule has 11 nitrogen and oxygen atoms in total. The molecule has 1 amide bonds. The number of rotatable bonds is 7. The van der Waals surface area contributed by atoms with Gasteiger partial charge in [0.25, 0.3) is 5.69 Å². The lowest BCUT2D eigenvalue weighted by Gasteiger charge is -2.33. The van der Waals surface area contributed by atoms with Crippen LogP contribution in [0.1, 0.15) is 19.8 Å². The largest absolute Gasteiger partial charge is 0.379 e. The molecule has 1 aromatic heterocycles. The van der Waals surface area contributed by atoms with Gasteiger partial charge in [0, 0.05) is 72.2 Å². The number of carbonyl (C=O) groups is 1. The number of nitrogens with one attached hydrogen (secondary N) is 1. The third-order valence-corrected chi connectivity index (χ3v) is 10.2. The number of aryl methyl sites for hydroxylation is 1. The number of benzene rings is 3. The molecule has 3 heterocycles. The summed E-state index contributed by atoms with van der Waals surface area (Å²) in [7, 11) is -3.87. The van der Waals surface area contributed by atoms with E-state index < -0.39 is 14.9 Å². The minimum absolute atomic E-state index is 0.0744. The van der Waals surface area contributed by atoms with Crippen molar-refractivity contribution in [2.24, 2.45) is 5.92 Å². The Labute approximate surface area is 243 Å². The predicted molar refractivity (Wildman–Crippen MR) is 161 cm³/mol. The molecule has 0 atom stereocenters. The minimum Gasteiger partial charge on any atom is -0.379 e. The highest BCUT2D eigenvalue weighted by Gasteiger charge is 2.32. The first-order chi connectivity index (χ1) is 20.3. The number of anilines is 2. The van der Waals surface area contributed by atoms with Crippen LogP contribution in [0.5, 0.6) is 0 Å². The van der Waals surface area contributed by atoms with Crippen LogP contribution in [0.4, 0.5) is 17.1 Å². The second kappa shape index (κ2) is 11.3. The molecule has 12 heteroatoms. The Morgan fingerprint density at radius 2 is 1.69 bits per heavy atom. The molecular formula is C30H33N5O6S. The fraction of sp³-hybridized carbons (Fsp3) is 0.367. The highest BCUT2D eigenvalue weighted by atomic mass is 32.2. The standard InChI is InChI=1S/C30H33N5O6S/c1-2-34-26-6-4-3-5-24(26)25-19-22(7-9-27(25)34)31-30(36)21-11-13-32(14-12-21)28-10-8-23(20-29(28)35(37)38)42(39,40)33-15-17-41-18-16-33/h3-10,19-21H,2,11-18H2,1H3,(H,31,36). The van der Waals surface area contributed by atoms with Gasteiger partial charge in [0.1, 0.15) is 5.69 Å². The smallest absolute Gasteiger partial charge is 0.293 e. The van der Waals surface area contributed by atoms with E-state index in [2.05, 4.69) is 28.9 Å². The van der Waals surface area contributed by atoms with Gasteiger partial charge in [-0.2, -0.15) is 4.31 Å². The Bertz CT molecular complexity index is 1770. The van der Waals surface area contributed by atoms with Crippen molar-refractivity contribution in [1.29, 1.82) is 0 Å². The van der Waals surface area contributed by atoms with Crippen molar-refractivity contribution in [3.8, 4) is 0 Å². The molecule has 2 saturated heterocycles. The number of para-hydroxylation sites is 1. The van der Waals surface area contributed by atoms with Crippen LogP contribution in [0.25, 0.3) is 21.8 Å². The van der Waals surface area contributed by atoms with Crippen molar-refractivity contribution in [2.45, 2.75) is 31.2 Å². The van der Waals surface area contributed by atoms with Gasteiger partial charge >= 0.3 is 0 Å². The number of fused-ring (bicyclic) bond motifs is 3. The van der Waals surface area contributed by atoms with Gasteiger partial charge in [-0.1, -0.05) is 18.2 Å². The Morgan fingerprint density at radius 1 is 0.976 bits per heavy atom. The minimum atomic E-state index is -3.87. The number of nitro benzene ring substituents is 1. The van der Waals surface area contributed by atoms with Crippen LogP contribution in [0.2, 0.25) is 0 Å². The third kappa shape index (κ3) is 5.10. The van der Waals surface area contributed by atoms with Crippen LogP contribution in [-0.2, 0) is 26.1 Å². The van der Waals surface area contributed by atoms with Crippen molar-refractivity contribution in [1.82, 2.24) is 8.87 Å². The van der Waals surface area contributed by atoms with Gasteiger partial charge in [0.15, 0.2) is 0 Å². The molecule has 0 saturated carbocycles. The van der Waals surface area contributed by atoms with Gasteiger partial charge < -0.3 is 19.5 Å². The summed E-state index contributed by atoms with van der Waals surface area (Å²) in [5, 5.41) is 17.3. The average Bonchev–Trinajstić information content (AvgIpc) is 3.34. The number of aromatic nitrogens is 1. The monoisotopic (exact) mass is 591 g/mol. The second-order valence-corrected chi connectivity index (χ2v) is 12.6. The summed E-state index contributed by atoms with van der Waals surface area (Å²) in [5.41, 5.74) is 3.12. The van der Waals surface area contributed by atoms with Crippen molar-refractivity contribution in [2.75, 3.05) is 49.6 Å². The Kier molecular flexibility index (Phi) is 7.60. The molecule has 0 unspecified atom stereocenters. The lowest BCUT2D eigenvalue weighted by atomic mass is 9.95. The van der Waals surface area contributed by atoms with E-state index in [9.17, 15) is 23.3 Å². The zero-order valence-electron chi connectivity index (χ0n) is 23.4. The van der Waals surface area contributed by atoms with E-state index in [0.717, 1.165) is 40.1 Å². The third-order valence-electron chi connectivity index (χ3n) is 8.31. The lowest BCUT2D eigenvalue weighted by molar-refractivity contribution is -0.384. The van der Waals surface area contributed by atoms with Crippen LogP contribution in [-0.4, -0.2) is 67.5 Å². The molecule has 3 aromatic carbocycles. The Balaban J connectivity index is 1.15. The van der Waals surface area contributed by atoms with Crippen LogP contribution in [0, 0.1) is 16.0 Å². The van der Waals surface area contributed by atoms with Crippen molar-refractivity contribution >= 4 is 54.8 Å². The summed E-state index contributed by atoms with van der Waals surface area (Å²) < 4.78 is 34.9. The molecule has 4 aromatic rings. The molecule has 0 spiro atoms. The fourth-order valence-electron chi connectivity index (χ4n) is 6.11. The number of ether oxygens (including phenoxy) is 1. The molecule has 2 aliphatic rings. The summed E-state index contributed by atoms with van der Waals surface area (Å²) >= 11 is 0. The van der Waals surface area contributed by atoms with Gasteiger partial charge in [0.05, 0.1) is 23.0 Å². The van der Waals surface area contributed by atoms with E-state index in [4.69, 9.17) is 4.74 Å². The second-order valence-electron chi connectivity index (χ2n) is 10.7. The number of amides is 1. The number of hydrogen-bond acceptors (Lipinski definition) is 7. The number of sulfonamides is 1. The molecule has 220 valence electrons. The number of nitro groups is 1. The lowest BCUT2D eigenvalue weighted by Crippen LogP contribution is -2.40. The fourth-order valence-corrected chi connectivity index (χ4v) is 7.54. The number of hydrogen-bond donors (Lipinski definition) is 1. The number of nitrogens with zero attached hydrogens (tertiary/aromatic N) is 4. The molecule has 42 heavy (non-hydrogen) atoms. The SMILES string of the molecule is CCn1c2ccccc2c2cc(NC(=O)C3CCN(c4ccc(S(=O)(=O)N5CCOCC5)cc4[N+](=O)[O-])CC3)ccc21. The van der Waals surface area contributed by atoms with Gasteiger partial charge in [-0.3, -0.25) is 14.9 Å². The molecular weight excluding hydrogens is 558 g/mol. The average molecular weight is 592 g/mol. The molecule has 0 bridgehead atoms. The van der Waals surface area contributed by atoms with Crippen LogP contribution >= 0.6 is 0 Å². The first-order valence-corrected chi connectivity index (χ1v) is 15.6. The van der Waals surface area contributed by atoms with Crippen LogP contribution in [0.3, 0.4) is 0 Å². The molecule has 0 aliphatic carbocycles. The van der Waals surface area contributed by atoms with Crippen molar-refractivity contribution in [3.05, 3.63) is 70.8 Å². The van der Waals surface area contributed by atoms with Gasteiger partial charge in [-0.25, -0.2) is 8.42 Å². The highest BCUT2D eigenvalue weighted by Crippen LogP contribution is 2.35. The first-order valence-electron chi connectivity index (χ1n) is 14.2. The maximum absolute atomic E-state index is 13.2. The number of carbonyl (C=O) groups excluding carboxylic acids is 1. The number of morpholine rings is 1. The quantitative estimate of drug-likeness (QED) is 0.246. The molecule has 0 radical (unpaired) electrons. The summed E-state index contributed by atoms with van der Waals surface area (Å²) in [4.78, 5) is 26.4. The molecule has 2 fully saturated rings. The van der Waals surface area contributed by atoms with E-state index >= 15 is 0 Å². The zero-order valence-corrected chi connectivity index (χ0v) is 24.2. The zero-order chi connectivity index (χ0) is 29.4. The van der Waals surface area contributed by atoms with E-state index in [-0.39, 0.29) is 35.5 Å². The first kappa shape index (κ1) is 28.1. The van der Waals surface area contributed by atoms with Gasteiger partial charge in [-0.05, 0) is 56.2 Å². The Hall–Kier alpha value is -4.00. The van der Waals surface area contributed by atoms with Gasteiger partial charge in [-0.15, -0.1) is 0 Å². The summed E-state index contributed by atoms with van der Waals surface area (Å²) in [6.07, 6.45) is 1.04. The van der Waals surface area contributed by atoms with Crippen LogP contribution in [0.15, 0.2) is 65.6 Å². The summed E-state index contributed by atoms with van der Waals surface area (Å²) in [6, 6.07) is 18.3. The summed E-state index contributed by atoms with van der Waals surface area (Å²) in [6.45, 7) is 4.85. The molecule has 1 N–H and O–H groups in total. The highest BCUT2D eigenvalue weighted by molar-refractivity contribution is 7.89. The van der Waals surface area contributed by atoms with E-state index in [1.165, 1.54) is 16.4 Å². The summed E-state index contributed by atoms with van der Waals surface area (Å²) in [5.74, 6) is -0.316. The van der Waals surface area contributed by atoms with E-state index in [1.807, 2.05) is 35.2 Å². The Morgan fingerprint density at radius 3 is 2.40 bits per heavy atom. The topological polar surface area (TPSA) is 127 Å².